The Morgan fingerprint density at radius 1 is 0.430 bits per heavy atom. The number of allylic oxidation sites excluding steroid dienone is 25. The number of carbonyl (C=O) groups excluding carboxylic acids is 1. The van der Waals surface area contributed by atoms with Crippen LogP contribution < -0.4 is 5.32 Å². The van der Waals surface area contributed by atoms with E-state index in [2.05, 4.69) is 165 Å². The summed E-state index contributed by atoms with van der Waals surface area (Å²) >= 11 is 0. The van der Waals surface area contributed by atoms with E-state index in [1.165, 1.54) is 57.8 Å². The van der Waals surface area contributed by atoms with E-state index < -0.39 is 86.8 Å². The van der Waals surface area contributed by atoms with Crippen molar-refractivity contribution >= 4 is 5.91 Å². The van der Waals surface area contributed by atoms with Gasteiger partial charge in [0.25, 0.3) is 0 Å². The van der Waals surface area contributed by atoms with Gasteiger partial charge in [0, 0.05) is 6.42 Å². The first kappa shape index (κ1) is 77.7. The van der Waals surface area contributed by atoms with Gasteiger partial charge >= 0.3 is 0 Å². The molecule has 9 N–H and O–H groups in total. The van der Waals surface area contributed by atoms with E-state index in [4.69, 9.17) is 18.9 Å². The summed E-state index contributed by atoms with van der Waals surface area (Å²) in [6.07, 6.45) is 67.1. The highest BCUT2D eigenvalue weighted by atomic mass is 16.7. The monoisotopic (exact) mass is 1200 g/mol. The Hall–Kier alpha value is -4.39. The smallest absolute Gasteiger partial charge is 0.220 e. The molecule has 1 amide bonds. The van der Waals surface area contributed by atoms with Gasteiger partial charge in [-0.25, -0.2) is 0 Å². The van der Waals surface area contributed by atoms with Crippen LogP contribution in [0.3, 0.4) is 0 Å². The van der Waals surface area contributed by atoms with Crippen molar-refractivity contribution in [3.05, 3.63) is 158 Å². The summed E-state index contributed by atoms with van der Waals surface area (Å²) in [7, 11) is 0. The summed E-state index contributed by atoms with van der Waals surface area (Å²) in [5.41, 5.74) is 0. The number of ether oxygens (including phenoxy) is 4. The Kier molecular flexibility index (Phi) is 49.5. The molecule has 0 aromatic heterocycles. The fourth-order valence-corrected chi connectivity index (χ4v) is 9.47. The van der Waals surface area contributed by atoms with Crippen molar-refractivity contribution in [2.75, 3.05) is 19.8 Å². The predicted molar refractivity (Wildman–Crippen MR) is 350 cm³/mol. The van der Waals surface area contributed by atoms with Gasteiger partial charge in [0.1, 0.15) is 48.8 Å². The SMILES string of the molecule is CC/C=C\C/C=C\C/C=C\C/C=C\C/C=C\C/C=C\C/C=C\C/C=C\C/C=C\C/C=C\CCCCC(=O)NC(COC1OC(CO)C(OC2OC(CO)C(O)C(O)C2O)C(O)C1O)C(O)/C=C/CC/C=C/CC/C=C/CCCCCCCCCCC. The largest absolute Gasteiger partial charge is 0.394 e. The third kappa shape index (κ3) is 38.8. The predicted octanol–water partition coefficient (Wildman–Crippen LogP) is 12.7. The lowest BCUT2D eigenvalue weighted by atomic mass is 9.97. The zero-order valence-corrected chi connectivity index (χ0v) is 52.5. The number of aliphatic hydroxyl groups is 8. The zero-order chi connectivity index (χ0) is 62.3. The fourth-order valence-electron chi connectivity index (χ4n) is 9.47. The Morgan fingerprint density at radius 3 is 1.28 bits per heavy atom. The first-order valence-electron chi connectivity index (χ1n) is 32.7. The number of hydrogen-bond donors (Lipinski definition) is 9. The quantitative estimate of drug-likeness (QED) is 0.0204. The molecule has 12 unspecified atom stereocenters. The van der Waals surface area contributed by atoms with Crippen LogP contribution >= 0.6 is 0 Å². The van der Waals surface area contributed by atoms with Crippen molar-refractivity contribution in [1.29, 1.82) is 0 Å². The second kappa shape index (κ2) is 54.7. The van der Waals surface area contributed by atoms with Crippen LogP contribution in [-0.2, 0) is 23.7 Å². The summed E-state index contributed by atoms with van der Waals surface area (Å²) < 4.78 is 22.7. The lowest BCUT2D eigenvalue weighted by molar-refractivity contribution is -0.359. The first-order chi connectivity index (χ1) is 42.1. The van der Waals surface area contributed by atoms with Crippen LogP contribution in [0, 0.1) is 0 Å². The highest BCUT2D eigenvalue weighted by molar-refractivity contribution is 5.76. The minimum atomic E-state index is -1.81. The highest BCUT2D eigenvalue weighted by Crippen LogP contribution is 2.30. The van der Waals surface area contributed by atoms with Gasteiger partial charge < -0.3 is 65.1 Å². The van der Waals surface area contributed by atoms with Crippen LogP contribution in [0.4, 0.5) is 0 Å². The normalized spacial score (nSPS) is 24.5. The maximum atomic E-state index is 13.3. The molecule has 2 rings (SSSR count). The third-order valence-corrected chi connectivity index (χ3v) is 14.7. The summed E-state index contributed by atoms with van der Waals surface area (Å²) in [6, 6.07) is -0.975. The van der Waals surface area contributed by atoms with E-state index in [-0.39, 0.29) is 18.9 Å². The molecule has 14 nitrogen and oxygen atoms in total. The van der Waals surface area contributed by atoms with E-state index in [1.807, 2.05) is 6.08 Å². The van der Waals surface area contributed by atoms with Gasteiger partial charge in [0.05, 0.1) is 32.0 Å². The molecule has 0 aliphatic carbocycles. The van der Waals surface area contributed by atoms with Gasteiger partial charge in [0.15, 0.2) is 12.6 Å². The molecule has 486 valence electrons. The highest BCUT2D eigenvalue weighted by Gasteiger charge is 2.51. The van der Waals surface area contributed by atoms with E-state index >= 15 is 0 Å². The molecule has 0 radical (unpaired) electrons. The van der Waals surface area contributed by atoms with Crippen molar-refractivity contribution in [2.24, 2.45) is 0 Å². The Balaban J connectivity index is 1.76. The topological polar surface area (TPSA) is 228 Å². The van der Waals surface area contributed by atoms with Gasteiger partial charge in [-0.05, 0) is 122 Å². The number of unbranched alkanes of at least 4 members (excludes halogenated alkanes) is 13. The van der Waals surface area contributed by atoms with E-state index in [0.717, 1.165) is 103 Å². The van der Waals surface area contributed by atoms with Crippen LogP contribution in [0.2, 0.25) is 0 Å². The maximum Gasteiger partial charge on any atom is 0.220 e. The molecule has 2 aliphatic rings. The summed E-state index contributed by atoms with van der Waals surface area (Å²) in [5, 5.41) is 87.2. The molecule has 0 aromatic carbocycles. The molecule has 0 aromatic rings. The van der Waals surface area contributed by atoms with Crippen molar-refractivity contribution in [3.63, 3.8) is 0 Å². The van der Waals surface area contributed by atoms with Crippen molar-refractivity contribution in [3.8, 4) is 0 Å². The molecule has 2 fully saturated rings. The molecule has 2 saturated heterocycles. The molecule has 0 saturated carbocycles. The van der Waals surface area contributed by atoms with Gasteiger partial charge in [-0.2, -0.15) is 0 Å². The molecular weight excluding hydrogens is 1090 g/mol. The number of carbonyl (C=O) groups is 1. The third-order valence-electron chi connectivity index (χ3n) is 14.7. The number of aliphatic hydroxyl groups excluding tert-OH is 8. The lowest BCUT2D eigenvalue weighted by Gasteiger charge is -2.46. The molecule has 12 atom stereocenters. The van der Waals surface area contributed by atoms with Crippen molar-refractivity contribution in [1.82, 2.24) is 5.32 Å². The van der Waals surface area contributed by atoms with Crippen LogP contribution in [0.5, 0.6) is 0 Å². The summed E-state index contributed by atoms with van der Waals surface area (Å²) in [6.45, 7) is 2.61. The van der Waals surface area contributed by atoms with E-state index in [9.17, 15) is 45.6 Å². The van der Waals surface area contributed by atoms with Gasteiger partial charge in [-0.3, -0.25) is 4.79 Å². The molecule has 0 bridgehead atoms. The molecular formula is C72H115NO13. The number of hydrogen-bond acceptors (Lipinski definition) is 13. The minimum absolute atomic E-state index is 0.203. The summed E-state index contributed by atoms with van der Waals surface area (Å²) in [5.74, 6) is -0.303. The minimum Gasteiger partial charge on any atom is -0.394 e. The molecule has 0 spiro atoms. The molecule has 86 heavy (non-hydrogen) atoms. The lowest BCUT2D eigenvalue weighted by Crippen LogP contribution is -2.65. The number of nitrogens with one attached hydrogen (secondary N) is 1. The van der Waals surface area contributed by atoms with E-state index in [0.29, 0.717) is 12.8 Å². The molecule has 2 heterocycles. The zero-order valence-electron chi connectivity index (χ0n) is 52.5. The van der Waals surface area contributed by atoms with Crippen molar-refractivity contribution in [2.45, 2.75) is 267 Å². The molecule has 14 heteroatoms. The van der Waals surface area contributed by atoms with Gasteiger partial charge in [0.2, 0.25) is 5.91 Å². The standard InChI is InChI=1S/C72H115NO13/c1-3-5-7-9-11-13-15-17-19-21-23-24-25-26-27-28-29-30-31-32-33-34-35-36-38-40-42-44-46-48-50-52-54-56-64(77)73-60(61(76)55-53-51-49-47-45-43-41-39-37-22-20-18-16-14-12-10-8-6-4-2)59-83-71-69(82)67(80)70(63(58-75)85-71)86-72-68(81)66(79)65(78)62(57-74)84-72/h5,7,11,13,17,19,23-24,26-27,29-30,32-33,35-37,39-40,42,45-48,53,55,60-63,65-72,74-76,78-82H,3-4,6,8-10,12,14-16,18,20-22,25,28,31,34,38,41,43-44,49-52,54,56-59H2,1-2H3,(H,73,77)/b7-5-,13-11-,19-17-,24-23-,27-26-,30-29-,33-32-,36-35-,39-37+,42-40-,47-45+,48-46-,55-53+. The second-order valence-electron chi connectivity index (χ2n) is 22.1. The van der Waals surface area contributed by atoms with Gasteiger partial charge in [-0.15, -0.1) is 0 Å². The Morgan fingerprint density at radius 2 is 0.814 bits per heavy atom. The van der Waals surface area contributed by atoms with Crippen LogP contribution in [0.25, 0.3) is 0 Å². The second-order valence-corrected chi connectivity index (χ2v) is 22.1. The number of amides is 1. The average molecular weight is 1200 g/mol. The maximum absolute atomic E-state index is 13.3. The fraction of sp³-hybridized carbons (Fsp3) is 0.625. The summed E-state index contributed by atoms with van der Waals surface area (Å²) in [4.78, 5) is 13.3. The first-order valence-corrected chi connectivity index (χ1v) is 32.7. The Bertz CT molecular complexity index is 2050. The van der Waals surface area contributed by atoms with E-state index in [1.54, 1.807) is 6.08 Å². The van der Waals surface area contributed by atoms with Crippen molar-refractivity contribution < 1.29 is 64.6 Å². The number of rotatable bonds is 50. The van der Waals surface area contributed by atoms with Crippen LogP contribution in [0.15, 0.2) is 158 Å². The van der Waals surface area contributed by atoms with Gasteiger partial charge in [-0.1, -0.05) is 223 Å². The molecule has 2 aliphatic heterocycles. The van der Waals surface area contributed by atoms with Crippen LogP contribution in [0.1, 0.15) is 194 Å². The van der Waals surface area contributed by atoms with Crippen LogP contribution in [-0.4, -0.2) is 140 Å². The average Bonchev–Trinajstić information content (AvgIpc) is 2.63. The Labute approximate surface area is 518 Å².